The molecule has 0 saturated carbocycles. The summed E-state index contributed by atoms with van der Waals surface area (Å²) in [4.78, 5) is 28.4. The van der Waals surface area contributed by atoms with Gasteiger partial charge in [0.05, 0.1) is 10.6 Å². The van der Waals surface area contributed by atoms with Gasteiger partial charge in [0.25, 0.3) is 10.0 Å². The molecule has 40 heavy (non-hydrogen) atoms. The zero-order valence-corrected chi connectivity index (χ0v) is 24.8. The van der Waals surface area contributed by atoms with E-state index < -0.39 is 28.5 Å². The molecule has 0 radical (unpaired) electrons. The van der Waals surface area contributed by atoms with Crippen molar-refractivity contribution < 1.29 is 27.5 Å². The van der Waals surface area contributed by atoms with Crippen molar-refractivity contribution in [2.24, 2.45) is 0 Å². The minimum Gasteiger partial charge on any atom is -0.486 e. The lowest BCUT2D eigenvalue weighted by molar-refractivity contribution is -0.139. The van der Waals surface area contributed by atoms with Crippen LogP contribution >= 0.6 is 15.9 Å². The number of ether oxygens (including phenoxy) is 2. The molecule has 3 aromatic rings. The van der Waals surface area contributed by atoms with Crippen molar-refractivity contribution in [2.45, 2.75) is 37.8 Å². The van der Waals surface area contributed by atoms with E-state index in [1.807, 2.05) is 31.2 Å². The number of carbonyl (C=O) groups excluding carboxylic acids is 2. The number of benzene rings is 3. The van der Waals surface area contributed by atoms with E-state index in [0.717, 1.165) is 20.8 Å². The standard InChI is InChI=1S/C29H32BrN3O6S/c1-3-14-31-29(35)21(2)32(19-22-8-7-9-23(30)17-22)28(34)20-33(40(36,37)25-10-5-4-6-11-25)24-12-13-26-27(18-24)39-16-15-38-26/h4-13,17-18,21H,3,14-16,19-20H2,1-2H3,(H,31,35). The summed E-state index contributed by atoms with van der Waals surface area (Å²) in [6.07, 6.45) is 0.741. The Kier molecular flexibility index (Phi) is 9.70. The number of amides is 2. The summed E-state index contributed by atoms with van der Waals surface area (Å²) < 4.78 is 41.0. The molecule has 4 rings (SSSR count). The predicted molar refractivity (Wildman–Crippen MR) is 156 cm³/mol. The van der Waals surface area contributed by atoms with Crippen LogP contribution in [0.4, 0.5) is 5.69 Å². The largest absolute Gasteiger partial charge is 0.486 e. The smallest absolute Gasteiger partial charge is 0.264 e. The van der Waals surface area contributed by atoms with Crippen molar-refractivity contribution in [1.29, 1.82) is 0 Å². The molecule has 1 aliphatic rings. The van der Waals surface area contributed by atoms with Gasteiger partial charge in [0.1, 0.15) is 25.8 Å². The molecule has 0 saturated heterocycles. The molecule has 2 amide bonds. The van der Waals surface area contributed by atoms with E-state index in [2.05, 4.69) is 21.2 Å². The van der Waals surface area contributed by atoms with Crippen LogP contribution in [0.2, 0.25) is 0 Å². The monoisotopic (exact) mass is 629 g/mol. The number of nitrogens with zero attached hydrogens (tertiary/aromatic N) is 2. The number of sulfonamides is 1. The minimum atomic E-state index is -4.17. The first kappa shape index (κ1) is 29.4. The van der Waals surface area contributed by atoms with Crippen molar-refractivity contribution in [3.05, 3.63) is 82.8 Å². The maximum atomic E-state index is 14.0. The van der Waals surface area contributed by atoms with E-state index >= 15 is 0 Å². The van der Waals surface area contributed by atoms with Crippen LogP contribution in [0.15, 0.2) is 82.2 Å². The Labute approximate surface area is 243 Å². The number of hydrogen-bond donors (Lipinski definition) is 1. The summed E-state index contributed by atoms with van der Waals surface area (Å²) in [5, 5.41) is 2.84. The van der Waals surface area contributed by atoms with Gasteiger partial charge >= 0.3 is 0 Å². The highest BCUT2D eigenvalue weighted by molar-refractivity contribution is 9.10. The average molecular weight is 631 g/mol. The maximum absolute atomic E-state index is 14.0. The van der Waals surface area contributed by atoms with E-state index in [1.54, 1.807) is 43.3 Å². The number of rotatable bonds is 11. The lowest BCUT2D eigenvalue weighted by Crippen LogP contribution is -2.51. The highest BCUT2D eigenvalue weighted by Crippen LogP contribution is 2.36. The van der Waals surface area contributed by atoms with Crippen LogP contribution < -0.4 is 19.1 Å². The molecule has 0 bridgehead atoms. The third kappa shape index (κ3) is 6.95. The van der Waals surface area contributed by atoms with Crippen molar-refractivity contribution >= 4 is 43.5 Å². The molecular formula is C29H32BrN3O6S. The summed E-state index contributed by atoms with van der Waals surface area (Å²) in [5.41, 5.74) is 1.03. The molecular weight excluding hydrogens is 598 g/mol. The van der Waals surface area contributed by atoms with Crippen LogP contribution in [0.3, 0.4) is 0 Å². The van der Waals surface area contributed by atoms with E-state index in [0.29, 0.717) is 31.3 Å². The molecule has 11 heteroatoms. The Balaban J connectivity index is 1.72. The molecule has 3 aromatic carbocycles. The van der Waals surface area contributed by atoms with Crippen LogP contribution in [0.5, 0.6) is 11.5 Å². The fourth-order valence-corrected chi connectivity index (χ4v) is 6.12. The molecule has 0 aliphatic carbocycles. The van der Waals surface area contributed by atoms with Crippen LogP contribution in [0.25, 0.3) is 0 Å². The zero-order chi connectivity index (χ0) is 28.7. The summed E-state index contributed by atoms with van der Waals surface area (Å²) in [6.45, 7) is 4.34. The Hall–Kier alpha value is -3.57. The van der Waals surface area contributed by atoms with Crippen LogP contribution in [0.1, 0.15) is 25.8 Å². The third-order valence-corrected chi connectivity index (χ3v) is 8.66. The molecule has 1 heterocycles. The summed E-state index contributed by atoms with van der Waals surface area (Å²) in [6, 6.07) is 19.2. The van der Waals surface area contributed by atoms with Gasteiger partial charge in [0.15, 0.2) is 11.5 Å². The first-order valence-corrected chi connectivity index (χ1v) is 15.2. The summed E-state index contributed by atoms with van der Waals surface area (Å²) in [7, 11) is -4.17. The van der Waals surface area contributed by atoms with Crippen LogP contribution in [0, 0.1) is 0 Å². The van der Waals surface area contributed by atoms with Crippen molar-refractivity contribution in [1.82, 2.24) is 10.2 Å². The second-order valence-corrected chi connectivity index (χ2v) is 12.0. The molecule has 1 N–H and O–H groups in total. The van der Waals surface area contributed by atoms with Gasteiger partial charge in [-0.25, -0.2) is 8.42 Å². The first-order valence-electron chi connectivity index (χ1n) is 13.0. The van der Waals surface area contributed by atoms with Gasteiger partial charge in [-0.05, 0) is 55.3 Å². The molecule has 0 spiro atoms. The second kappa shape index (κ2) is 13.2. The van der Waals surface area contributed by atoms with Gasteiger partial charge in [0.2, 0.25) is 11.8 Å². The number of fused-ring (bicyclic) bond motifs is 1. The Morgan fingerprint density at radius 1 is 0.975 bits per heavy atom. The maximum Gasteiger partial charge on any atom is 0.264 e. The molecule has 1 aliphatic heterocycles. The topological polar surface area (TPSA) is 105 Å². The SMILES string of the molecule is CCCNC(=O)C(C)N(Cc1cccc(Br)c1)C(=O)CN(c1ccc2c(c1)OCCO2)S(=O)(=O)c1ccccc1. The third-order valence-electron chi connectivity index (χ3n) is 6.38. The average Bonchev–Trinajstić information content (AvgIpc) is 2.97. The number of nitrogens with one attached hydrogen (secondary N) is 1. The van der Waals surface area contributed by atoms with E-state index in [4.69, 9.17) is 9.47 Å². The first-order chi connectivity index (χ1) is 19.2. The molecule has 9 nitrogen and oxygen atoms in total. The van der Waals surface area contributed by atoms with Crippen molar-refractivity contribution in [2.75, 3.05) is 30.6 Å². The normalized spacial score (nSPS) is 13.3. The molecule has 0 fully saturated rings. The second-order valence-electron chi connectivity index (χ2n) is 9.27. The van der Waals surface area contributed by atoms with E-state index in [1.165, 1.54) is 17.0 Å². The zero-order valence-electron chi connectivity index (χ0n) is 22.4. The summed E-state index contributed by atoms with van der Waals surface area (Å²) >= 11 is 3.45. The van der Waals surface area contributed by atoms with E-state index in [9.17, 15) is 18.0 Å². The number of halogens is 1. The molecule has 1 unspecified atom stereocenters. The highest BCUT2D eigenvalue weighted by Gasteiger charge is 2.33. The number of carbonyl (C=O) groups is 2. The fourth-order valence-electron chi connectivity index (χ4n) is 4.25. The number of anilines is 1. The van der Waals surface area contributed by atoms with Gasteiger partial charge in [-0.1, -0.05) is 53.2 Å². The van der Waals surface area contributed by atoms with Crippen LogP contribution in [-0.2, 0) is 26.2 Å². The molecule has 1 atom stereocenters. The Morgan fingerprint density at radius 2 is 1.70 bits per heavy atom. The van der Waals surface area contributed by atoms with Gasteiger partial charge in [-0.3, -0.25) is 13.9 Å². The lowest BCUT2D eigenvalue weighted by Gasteiger charge is -2.32. The molecule has 0 aromatic heterocycles. The number of hydrogen-bond acceptors (Lipinski definition) is 6. The quantitative estimate of drug-likeness (QED) is 0.338. The van der Waals surface area contributed by atoms with Crippen LogP contribution in [-0.4, -0.2) is 57.5 Å². The highest BCUT2D eigenvalue weighted by atomic mass is 79.9. The van der Waals surface area contributed by atoms with Gasteiger partial charge < -0.3 is 19.7 Å². The van der Waals surface area contributed by atoms with Gasteiger partial charge in [0, 0.05) is 23.6 Å². The minimum absolute atomic E-state index is 0.0324. The van der Waals surface area contributed by atoms with Gasteiger partial charge in [-0.2, -0.15) is 0 Å². The van der Waals surface area contributed by atoms with Gasteiger partial charge in [-0.15, -0.1) is 0 Å². The van der Waals surface area contributed by atoms with Crippen molar-refractivity contribution in [3.8, 4) is 11.5 Å². The molecule has 212 valence electrons. The Bertz CT molecular complexity index is 1450. The summed E-state index contributed by atoms with van der Waals surface area (Å²) in [5.74, 6) is 0.0363. The predicted octanol–water partition coefficient (Wildman–Crippen LogP) is 4.36. The lowest BCUT2D eigenvalue weighted by atomic mass is 10.1. The Morgan fingerprint density at radius 3 is 2.40 bits per heavy atom. The van der Waals surface area contributed by atoms with E-state index in [-0.39, 0.29) is 23.0 Å². The van der Waals surface area contributed by atoms with Crippen molar-refractivity contribution in [3.63, 3.8) is 0 Å². The fraction of sp³-hybridized carbons (Fsp3) is 0.310.